The second-order valence-electron chi connectivity index (χ2n) is 6.04. The van der Waals surface area contributed by atoms with Crippen molar-refractivity contribution in [2.75, 3.05) is 0 Å². The summed E-state index contributed by atoms with van der Waals surface area (Å²) in [5, 5.41) is 9.03. The number of carbonyl (C=O) groups is 1. The summed E-state index contributed by atoms with van der Waals surface area (Å²) < 4.78 is 5.77. The fraction of sp³-hybridized carbons (Fsp3) is 0.381. The number of hydrogen-bond acceptors (Lipinski definition) is 3. The second-order valence-corrected chi connectivity index (χ2v) is 7.32. The van der Waals surface area contributed by atoms with Gasteiger partial charge in [0, 0.05) is 4.90 Å². The lowest BCUT2D eigenvalue weighted by molar-refractivity contribution is -0.136. The molecule has 1 unspecified atom stereocenters. The van der Waals surface area contributed by atoms with E-state index in [9.17, 15) is 9.90 Å². The standard InChI is InChI=1S/C21H26O3S/c1-2-3-4-8-11-20(21(22)23)25-19-14-12-18(13-15-19)24-16-17-9-6-5-7-10-17/h5-7,9-10,12-15,20H,2-4,8,11,16H2,1H3,(H,22,23). The van der Waals surface area contributed by atoms with Gasteiger partial charge in [0.15, 0.2) is 0 Å². The monoisotopic (exact) mass is 358 g/mol. The van der Waals surface area contributed by atoms with Crippen LogP contribution in [0.4, 0.5) is 0 Å². The molecule has 0 amide bonds. The molecule has 3 nitrogen and oxygen atoms in total. The molecule has 1 N–H and O–H groups in total. The predicted molar refractivity (Wildman–Crippen MR) is 103 cm³/mol. The molecule has 0 fully saturated rings. The fourth-order valence-corrected chi connectivity index (χ4v) is 3.52. The highest BCUT2D eigenvalue weighted by molar-refractivity contribution is 8.00. The molecule has 2 aromatic carbocycles. The van der Waals surface area contributed by atoms with E-state index >= 15 is 0 Å². The van der Waals surface area contributed by atoms with Gasteiger partial charge in [-0.2, -0.15) is 0 Å². The molecule has 0 radical (unpaired) electrons. The minimum absolute atomic E-state index is 0.382. The van der Waals surface area contributed by atoms with Gasteiger partial charge in [-0.05, 0) is 36.2 Å². The maximum absolute atomic E-state index is 11.4. The molecule has 4 heteroatoms. The van der Waals surface area contributed by atoms with Crippen molar-refractivity contribution in [2.24, 2.45) is 0 Å². The van der Waals surface area contributed by atoms with Crippen LogP contribution in [0.2, 0.25) is 0 Å². The zero-order chi connectivity index (χ0) is 17.9. The molecule has 2 rings (SSSR count). The number of thioether (sulfide) groups is 1. The van der Waals surface area contributed by atoms with E-state index in [0.29, 0.717) is 13.0 Å². The first-order chi connectivity index (χ1) is 12.2. The molecule has 0 heterocycles. The summed E-state index contributed by atoms with van der Waals surface area (Å²) in [5.41, 5.74) is 1.12. The summed E-state index contributed by atoms with van der Waals surface area (Å²) in [6.07, 6.45) is 5.12. The van der Waals surface area contributed by atoms with Crippen LogP contribution in [0.1, 0.15) is 44.6 Å². The summed E-state index contributed by atoms with van der Waals surface area (Å²) in [7, 11) is 0. The van der Waals surface area contributed by atoms with Crippen LogP contribution in [0.5, 0.6) is 5.75 Å². The maximum atomic E-state index is 11.4. The van der Waals surface area contributed by atoms with Crippen LogP contribution in [-0.2, 0) is 11.4 Å². The Balaban J connectivity index is 1.84. The van der Waals surface area contributed by atoms with Crippen LogP contribution in [0.15, 0.2) is 59.5 Å². The molecule has 0 aliphatic carbocycles. The number of hydrogen-bond donors (Lipinski definition) is 1. The van der Waals surface area contributed by atoms with Gasteiger partial charge in [0.1, 0.15) is 17.6 Å². The van der Waals surface area contributed by atoms with Gasteiger partial charge in [-0.1, -0.05) is 62.9 Å². The third-order valence-electron chi connectivity index (χ3n) is 3.95. The Bertz CT molecular complexity index is 625. The number of aliphatic carboxylic acids is 1. The largest absolute Gasteiger partial charge is 0.489 e. The minimum Gasteiger partial charge on any atom is -0.489 e. The smallest absolute Gasteiger partial charge is 0.316 e. The zero-order valence-electron chi connectivity index (χ0n) is 14.7. The molecule has 0 spiro atoms. The van der Waals surface area contributed by atoms with Crippen molar-refractivity contribution < 1.29 is 14.6 Å². The van der Waals surface area contributed by atoms with Crippen LogP contribution in [0.25, 0.3) is 0 Å². The summed E-state index contributed by atoms with van der Waals surface area (Å²) in [6, 6.07) is 17.7. The van der Waals surface area contributed by atoms with Crippen LogP contribution >= 0.6 is 11.8 Å². The SMILES string of the molecule is CCCCCCC(Sc1ccc(OCc2ccccc2)cc1)C(=O)O. The molecule has 0 bridgehead atoms. The van der Waals surface area contributed by atoms with E-state index in [1.165, 1.54) is 18.2 Å². The number of ether oxygens (including phenoxy) is 1. The average molecular weight is 359 g/mol. The summed E-state index contributed by atoms with van der Waals surface area (Å²) in [4.78, 5) is 12.4. The number of unbranched alkanes of at least 4 members (excludes halogenated alkanes) is 3. The lowest BCUT2D eigenvalue weighted by Crippen LogP contribution is -2.16. The minimum atomic E-state index is -0.731. The second kappa shape index (κ2) is 10.8. The van der Waals surface area contributed by atoms with Crippen molar-refractivity contribution in [2.45, 2.75) is 55.8 Å². The Morgan fingerprint density at radius 2 is 1.76 bits per heavy atom. The van der Waals surface area contributed by atoms with E-state index in [2.05, 4.69) is 6.92 Å². The average Bonchev–Trinajstić information content (AvgIpc) is 2.64. The normalized spacial score (nSPS) is 11.9. The van der Waals surface area contributed by atoms with Crippen LogP contribution in [0, 0.1) is 0 Å². The molecule has 0 aliphatic heterocycles. The zero-order valence-corrected chi connectivity index (χ0v) is 15.5. The Kier molecular flexibility index (Phi) is 8.40. The van der Waals surface area contributed by atoms with Gasteiger partial charge < -0.3 is 9.84 Å². The molecule has 1 atom stereocenters. The van der Waals surface area contributed by atoms with Crippen LogP contribution in [0.3, 0.4) is 0 Å². The lowest BCUT2D eigenvalue weighted by Gasteiger charge is -2.12. The highest BCUT2D eigenvalue weighted by Crippen LogP contribution is 2.29. The number of carboxylic acid groups (broad SMARTS) is 1. The summed E-state index contributed by atoms with van der Waals surface area (Å²) in [5.74, 6) is 0.0638. The van der Waals surface area contributed by atoms with E-state index in [4.69, 9.17) is 4.74 Å². The molecule has 25 heavy (non-hydrogen) atoms. The van der Waals surface area contributed by atoms with Crippen molar-refractivity contribution in [1.82, 2.24) is 0 Å². The van der Waals surface area contributed by atoms with E-state index in [-0.39, 0.29) is 5.25 Å². The van der Waals surface area contributed by atoms with Gasteiger partial charge >= 0.3 is 5.97 Å². The van der Waals surface area contributed by atoms with Crippen LogP contribution in [-0.4, -0.2) is 16.3 Å². The Labute approximate surface area is 154 Å². The van der Waals surface area contributed by atoms with Crippen molar-refractivity contribution in [3.8, 4) is 5.75 Å². The van der Waals surface area contributed by atoms with E-state index in [1.54, 1.807) is 0 Å². The quantitative estimate of drug-likeness (QED) is 0.408. The Morgan fingerprint density at radius 1 is 1.04 bits per heavy atom. The van der Waals surface area contributed by atoms with Gasteiger partial charge in [0.2, 0.25) is 0 Å². The van der Waals surface area contributed by atoms with Crippen molar-refractivity contribution in [1.29, 1.82) is 0 Å². The number of benzene rings is 2. The van der Waals surface area contributed by atoms with Gasteiger partial charge in [0.05, 0.1) is 0 Å². The van der Waals surface area contributed by atoms with E-state index in [0.717, 1.165) is 35.5 Å². The molecular formula is C21H26O3S. The Hall–Kier alpha value is -1.94. The van der Waals surface area contributed by atoms with Crippen molar-refractivity contribution in [3.63, 3.8) is 0 Å². The molecule has 0 saturated heterocycles. The third-order valence-corrected chi connectivity index (χ3v) is 5.21. The number of rotatable bonds is 11. The van der Waals surface area contributed by atoms with Gasteiger partial charge in [0.25, 0.3) is 0 Å². The van der Waals surface area contributed by atoms with Crippen molar-refractivity contribution in [3.05, 3.63) is 60.2 Å². The predicted octanol–water partition coefficient (Wildman–Crippen LogP) is 5.78. The molecule has 0 aromatic heterocycles. The molecule has 0 saturated carbocycles. The van der Waals surface area contributed by atoms with Crippen molar-refractivity contribution >= 4 is 17.7 Å². The summed E-state index contributed by atoms with van der Waals surface area (Å²) >= 11 is 1.42. The van der Waals surface area contributed by atoms with E-state index < -0.39 is 5.97 Å². The first kappa shape index (κ1) is 19.4. The van der Waals surface area contributed by atoms with Gasteiger partial charge in [-0.15, -0.1) is 11.8 Å². The molecule has 2 aromatic rings. The first-order valence-electron chi connectivity index (χ1n) is 8.85. The molecule has 134 valence electrons. The fourth-order valence-electron chi connectivity index (χ4n) is 2.51. The van der Waals surface area contributed by atoms with E-state index in [1.807, 2.05) is 54.6 Å². The highest BCUT2D eigenvalue weighted by Gasteiger charge is 2.18. The number of carboxylic acids is 1. The maximum Gasteiger partial charge on any atom is 0.316 e. The lowest BCUT2D eigenvalue weighted by atomic mass is 10.1. The Morgan fingerprint density at radius 3 is 2.40 bits per heavy atom. The topological polar surface area (TPSA) is 46.5 Å². The molecular weight excluding hydrogens is 332 g/mol. The third kappa shape index (κ3) is 7.22. The summed E-state index contributed by atoms with van der Waals surface area (Å²) in [6.45, 7) is 2.69. The first-order valence-corrected chi connectivity index (χ1v) is 9.73. The molecule has 0 aliphatic rings. The van der Waals surface area contributed by atoms with Crippen LogP contribution < -0.4 is 4.74 Å². The highest BCUT2D eigenvalue weighted by atomic mass is 32.2. The van der Waals surface area contributed by atoms with Gasteiger partial charge in [-0.3, -0.25) is 4.79 Å². The van der Waals surface area contributed by atoms with Gasteiger partial charge in [-0.25, -0.2) is 0 Å².